The van der Waals surface area contributed by atoms with E-state index in [9.17, 15) is 0 Å². The fourth-order valence-electron chi connectivity index (χ4n) is 2.66. The number of benzene rings is 2. The Bertz CT molecular complexity index is 775. The van der Waals surface area contributed by atoms with Crippen LogP contribution >= 0.6 is 0 Å². The molecule has 0 spiro atoms. The molecule has 4 nitrogen and oxygen atoms in total. The van der Waals surface area contributed by atoms with Crippen LogP contribution in [0.5, 0.6) is 5.75 Å². The zero-order chi connectivity index (χ0) is 15.5. The molecule has 1 heterocycles. The Hall–Kier alpha value is -2.33. The van der Waals surface area contributed by atoms with Gasteiger partial charge in [-0.3, -0.25) is 0 Å². The van der Waals surface area contributed by atoms with Crippen molar-refractivity contribution in [2.24, 2.45) is 5.73 Å². The summed E-state index contributed by atoms with van der Waals surface area (Å²) in [4.78, 5) is 4.73. The van der Waals surface area contributed by atoms with Gasteiger partial charge in [0.2, 0.25) is 0 Å². The lowest BCUT2D eigenvalue weighted by atomic mass is 10.1. The Balaban J connectivity index is 2.05. The smallest absolute Gasteiger partial charge is 0.121 e. The van der Waals surface area contributed by atoms with Gasteiger partial charge in [0.25, 0.3) is 0 Å². The lowest BCUT2D eigenvalue weighted by Crippen LogP contribution is -2.10. The van der Waals surface area contributed by atoms with E-state index in [2.05, 4.69) is 41.8 Å². The molecule has 22 heavy (non-hydrogen) atoms. The van der Waals surface area contributed by atoms with Gasteiger partial charge >= 0.3 is 0 Å². The van der Waals surface area contributed by atoms with E-state index in [0.29, 0.717) is 6.54 Å². The summed E-state index contributed by atoms with van der Waals surface area (Å²) in [5, 5.41) is 0. The Morgan fingerprint density at radius 3 is 2.59 bits per heavy atom. The van der Waals surface area contributed by atoms with E-state index in [1.165, 1.54) is 11.1 Å². The summed E-state index contributed by atoms with van der Waals surface area (Å²) >= 11 is 0. The number of methoxy groups -OCH3 is 1. The van der Waals surface area contributed by atoms with E-state index < -0.39 is 0 Å². The first-order valence-electron chi connectivity index (χ1n) is 7.50. The summed E-state index contributed by atoms with van der Waals surface area (Å²) in [7, 11) is 1.67. The molecule has 0 aliphatic heterocycles. The van der Waals surface area contributed by atoms with Crippen molar-refractivity contribution in [3.63, 3.8) is 0 Å². The third-order valence-corrected chi connectivity index (χ3v) is 3.86. The highest BCUT2D eigenvalue weighted by molar-refractivity contribution is 5.78. The van der Waals surface area contributed by atoms with Gasteiger partial charge in [-0.25, -0.2) is 4.98 Å². The van der Waals surface area contributed by atoms with E-state index in [4.69, 9.17) is 15.5 Å². The minimum absolute atomic E-state index is 0.592. The average Bonchev–Trinajstić information content (AvgIpc) is 2.86. The number of imidazole rings is 1. The molecule has 1 aromatic heterocycles. The number of nitrogens with two attached hydrogens (primary N) is 1. The summed E-state index contributed by atoms with van der Waals surface area (Å²) in [6.45, 7) is 3.50. The van der Waals surface area contributed by atoms with Crippen LogP contribution in [0.1, 0.15) is 17.0 Å². The molecule has 3 rings (SSSR count). The third kappa shape index (κ3) is 2.83. The summed E-state index contributed by atoms with van der Waals surface area (Å²) in [5.41, 5.74) is 10.3. The largest absolute Gasteiger partial charge is 0.497 e. The molecule has 0 aliphatic rings. The number of fused-ring (bicyclic) bond motifs is 1. The first-order valence-corrected chi connectivity index (χ1v) is 7.50. The monoisotopic (exact) mass is 295 g/mol. The average molecular weight is 295 g/mol. The molecule has 0 unspecified atom stereocenters. The van der Waals surface area contributed by atoms with Crippen LogP contribution < -0.4 is 10.5 Å². The number of hydrogen-bond acceptors (Lipinski definition) is 3. The highest BCUT2D eigenvalue weighted by atomic mass is 16.5. The molecular formula is C18H21N3O. The molecule has 2 N–H and O–H groups in total. The predicted molar refractivity (Wildman–Crippen MR) is 89.3 cm³/mol. The lowest BCUT2D eigenvalue weighted by Gasteiger charge is -2.09. The maximum absolute atomic E-state index is 5.74. The van der Waals surface area contributed by atoms with E-state index in [-0.39, 0.29) is 0 Å². The van der Waals surface area contributed by atoms with E-state index in [1.807, 2.05) is 12.1 Å². The molecule has 4 heteroatoms. The van der Waals surface area contributed by atoms with Crippen LogP contribution in [-0.4, -0.2) is 23.2 Å². The Morgan fingerprint density at radius 1 is 1.14 bits per heavy atom. The first kappa shape index (κ1) is 14.6. The van der Waals surface area contributed by atoms with Gasteiger partial charge in [0.05, 0.1) is 18.1 Å². The van der Waals surface area contributed by atoms with Crippen LogP contribution in [0, 0.1) is 6.92 Å². The fourth-order valence-corrected chi connectivity index (χ4v) is 2.66. The minimum Gasteiger partial charge on any atom is -0.497 e. The van der Waals surface area contributed by atoms with Crippen molar-refractivity contribution in [1.29, 1.82) is 0 Å². The van der Waals surface area contributed by atoms with Crippen LogP contribution in [0.4, 0.5) is 0 Å². The highest BCUT2D eigenvalue weighted by Gasteiger charge is 2.11. The van der Waals surface area contributed by atoms with Gasteiger partial charge in [0.1, 0.15) is 11.6 Å². The number of rotatable bonds is 5. The number of hydrogen-bond donors (Lipinski definition) is 1. The summed E-state index contributed by atoms with van der Waals surface area (Å²) in [6, 6.07) is 14.6. The maximum atomic E-state index is 5.74. The topological polar surface area (TPSA) is 53.1 Å². The van der Waals surface area contributed by atoms with Crippen LogP contribution in [0.3, 0.4) is 0 Å². The van der Waals surface area contributed by atoms with Gasteiger partial charge in [0, 0.05) is 19.0 Å². The Labute approximate surface area is 130 Å². The maximum Gasteiger partial charge on any atom is 0.121 e. The second kappa shape index (κ2) is 6.20. The standard InChI is InChI=1S/C18H21N3O/c1-13-3-5-14(6-4-13)12-21-17-8-7-15(22-2)11-16(17)20-18(21)9-10-19/h3-8,11H,9-10,12,19H2,1-2H3. The van der Waals surface area contributed by atoms with Crippen molar-refractivity contribution >= 4 is 11.0 Å². The molecule has 0 aliphatic carbocycles. The van der Waals surface area contributed by atoms with Crippen molar-refractivity contribution < 1.29 is 4.74 Å². The van der Waals surface area contributed by atoms with Gasteiger partial charge in [-0.1, -0.05) is 29.8 Å². The van der Waals surface area contributed by atoms with Crippen molar-refractivity contribution in [2.45, 2.75) is 19.9 Å². The third-order valence-electron chi connectivity index (χ3n) is 3.86. The summed E-state index contributed by atoms with van der Waals surface area (Å²) < 4.78 is 7.53. The molecule has 0 radical (unpaired) electrons. The zero-order valence-corrected chi connectivity index (χ0v) is 13.0. The van der Waals surface area contributed by atoms with Crippen molar-refractivity contribution in [3.8, 4) is 5.75 Å². The van der Waals surface area contributed by atoms with Gasteiger partial charge < -0.3 is 15.0 Å². The minimum atomic E-state index is 0.592. The lowest BCUT2D eigenvalue weighted by molar-refractivity contribution is 0.415. The molecule has 0 fully saturated rings. The van der Waals surface area contributed by atoms with Crippen molar-refractivity contribution in [3.05, 3.63) is 59.4 Å². The molecular weight excluding hydrogens is 274 g/mol. The number of aromatic nitrogens is 2. The first-order chi connectivity index (χ1) is 10.7. The molecule has 114 valence electrons. The van der Waals surface area contributed by atoms with Gasteiger partial charge in [-0.2, -0.15) is 0 Å². The fraction of sp³-hybridized carbons (Fsp3) is 0.278. The second-order valence-corrected chi connectivity index (χ2v) is 5.49. The van der Waals surface area contributed by atoms with E-state index in [1.54, 1.807) is 7.11 Å². The van der Waals surface area contributed by atoms with Crippen molar-refractivity contribution in [2.75, 3.05) is 13.7 Å². The van der Waals surface area contributed by atoms with Crippen LogP contribution in [-0.2, 0) is 13.0 Å². The van der Waals surface area contributed by atoms with E-state index >= 15 is 0 Å². The van der Waals surface area contributed by atoms with Crippen LogP contribution in [0.2, 0.25) is 0 Å². The molecule has 0 saturated carbocycles. The SMILES string of the molecule is COc1ccc2c(c1)nc(CCN)n2Cc1ccc(C)cc1. The highest BCUT2D eigenvalue weighted by Crippen LogP contribution is 2.23. The summed E-state index contributed by atoms with van der Waals surface area (Å²) in [6.07, 6.45) is 0.767. The predicted octanol–water partition coefficient (Wildman–Crippen LogP) is 2.90. The van der Waals surface area contributed by atoms with Crippen molar-refractivity contribution in [1.82, 2.24) is 9.55 Å². The Morgan fingerprint density at radius 2 is 1.91 bits per heavy atom. The van der Waals surface area contributed by atoms with Gasteiger partial charge in [-0.05, 0) is 31.2 Å². The quantitative estimate of drug-likeness (QED) is 0.787. The molecule has 0 bridgehead atoms. The van der Waals surface area contributed by atoms with Crippen LogP contribution in [0.15, 0.2) is 42.5 Å². The molecule has 2 aromatic carbocycles. The molecule has 0 saturated heterocycles. The second-order valence-electron chi connectivity index (χ2n) is 5.49. The molecule has 0 amide bonds. The molecule has 0 atom stereocenters. The Kier molecular flexibility index (Phi) is 4.11. The number of nitrogens with zero attached hydrogens (tertiary/aromatic N) is 2. The normalized spacial score (nSPS) is 11.0. The van der Waals surface area contributed by atoms with Gasteiger partial charge in [-0.15, -0.1) is 0 Å². The number of ether oxygens (including phenoxy) is 1. The van der Waals surface area contributed by atoms with Crippen LogP contribution in [0.25, 0.3) is 11.0 Å². The van der Waals surface area contributed by atoms with E-state index in [0.717, 1.165) is 35.6 Å². The molecule has 3 aromatic rings. The number of aryl methyl sites for hydroxylation is 1. The summed E-state index contributed by atoms with van der Waals surface area (Å²) in [5.74, 6) is 1.85. The van der Waals surface area contributed by atoms with Gasteiger partial charge in [0.15, 0.2) is 0 Å². The zero-order valence-electron chi connectivity index (χ0n) is 13.0.